The summed E-state index contributed by atoms with van der Waals surface area (Å²) in [5.74, 6) is 0. The van der Waals surface area contributed by atoms with E-state index in [0.29, 0.717) is 24.0 Å². The zero-order valence-electron chi connectivity index (χ0n) is 10.5. The Bertz CT molecular complexity index is 544. The van der Waals surface area contributed by atoms with Crippen LogP contribution in [0.25, 0.3) is 0 Å². The molecule has 18 heavy (non-hydrogen) atoms. The Labute approximate surface area is 108 Å². The molecule has 0 radical (unpaired) electrons. The molecule has 1 aliphatic carbocycles. The first-order valence-corrected chi connectivity index (χ1v) is 7.42. The van der Waals surface area contributed by atoms with E-state index in [-0.39, 0.29) is 0 Å². The third-order valence-electron chi connectivity index (χ3n) is 3.15. The minimum absolute atomic E-state index is 0.300. The fraction of sp³-hybridized carbons (Fsp3) is 0.500. The van der Waals surface area contributed by atoms with Gasteiger partial charge in [0.25, 0.3) is 0 Å². The molecule has 0 spiro atoms. The number of nitrogens with two attached hydrogens (primary N) is 1. The molecule has 0 atom stereocenters. The van der Waals surface area contributed by atoms with Crippen LogP contribution in [0.3, 0.4) is 0 Å². The minimum Gasteiger partial charge on any atom is -0.346 e. The second-order valence-electron chi connectivity index (χ2n) is 4.58. The van der Waals surface area contributed by atoms with Crippen LogP contribution in [0, 0.1) is 0 Å². The summed E-state index contributed by atoms with van der Waals surface area (Å²) >= 11 is 0. The summed E-state index contributed by atoms with van der Waals surface area (Å²) in [6.07, 6.45) is 5.47. The van der Waals surface area contributed by atoms with E-state index in [1.54, 1.807) is 25.4 Å². The largest absolute Gasteiger partial charge is 0.346 e. The van der Waals surface area contributed by atoms with E-state index in [1.807, 2.05) is 4.57 Å². The Morgan fingerprint density at radius 1 is 1.61 bits per heavy atom. The molecule has 1 aromatic rings. The SMILES string of the molecule is C=CCN(C)S(=O)(=O)c1cc(CN)n(C2CC2)c1. The molecule has 2 rings (SSSR count). The summed E-state index contributed by atoms with van der Waals surface area (Å²) in [7, 11) is -1.88. The molecule has 0 bridgehead atoms. The van der Waals surface area contributed by atoms with Crippen LogP contribution in [0.4, 0.5) is 0 Å². The third kappa shape index (κ3) is 2.36. The second-order valence-corrected chi connectivity index (χ2v) is 6.63. The number of rotatable bonds is 6. The first-order chi connectivity index (χ1) is 8.50. The third-order valence-corrected chi connectivity index (χ3v) is 4.94. The monoisotopic (exact) mass is 269 g/mol. The van der Waals surface area contributed by atoms with Gasteiger partial charge in [-0.15, -0.1) is 6.58 Å². The lowest BCUT2D eigenvalue weighted by Gasteiger charge is -2.13. The van der Waals surface area contributed by atoms with Crippen LogP contribution in [0.15, 0.2) is 29.8 Å². The van der Waals surface area contributed by atoms with Crippen molar-refractivity contribution >= 4 is 10.0 Å². The van der Waals surface area contributed by atoms with E-state index in [2.05, 4.69) is 6.58 Å². The first-order valence-electron chi connectivity index (χ1n) is 5.98. The van der Waals surface area contributed by atoms with Crippen molar-refractivity contribution < 1.29 is 8.42 Å². The Morgan fingerprint density at radius 2 is 2.28 bits per heavy atom. The van der Waals surface area contributed by atoms with Gasteiger partial charge in [-0.1, -0.05) is 6.08 Å². The molecule has 0 aromatic carbocycles. The van der Waals surface area contributed by atoms with Gasteiger partial charge in [0.2, 0.25) is 10.0 Å². The van der Waals surface area contributed by atoms with Gasteiger partial charge in [-0.2, -0.15) is 4.31 Å². The van der Waals surface area contributed by atoms with Crippen molar-refractivity contribution in [2.45, 2.75) is 30.3 Å². The van der Waals surface area contributed by atoms with Crippen molar-refractivity contribution in [1.29, 1.82) is 0 Å². The van der Waals surface area contributed by atoms with Gasteiger partial charge < -0.3 is 10.3 Å². The lowest BCUT2D eigenvalue weighted by molar-refractivity contribution is 0.499. The fourth-order valence-electron chi connectivity index (χ4n) is 1.95. The summed E-state index contributed by atoms with van der Waals surface area (Å²) in [5, 5.41) is 0. The van der Waals surface area contributed by atoms with Gasteiger partial charge in [0.05, 0.1) is 0 Å². The Morgan fingerprint density at radius 3 is 2.78 bits per heavy atom. The highest BCUT2D eigenvalue weighted by atomic mass is 32.2. The summed E-state index contributed by atoms with van der Waals surface area (Å²) in [4.78, 5) is 0.319. The quantitative estimate of drug-likeness (QED) is 0.786. The fourth-order valence-corrected chi connectivity index (χ4v) is 3.15. The Kier molecular flexibility index (Phi) is 3.61. The zero-order valence-corrected chi connectivity index (χ0v) is 11.4. The molecule has 1 aromatic heterocycles. The van der Waals surface area contributed by atoms with E-state index in [4.69, 9.17) is 5.73 Å². The molecule has 1 heterocycles. The number of hydrogen-bond donors (Lipinski definition) is 1. The van der Waals surface area contributed by atoms with Crippen molar-refractivity contribution in [3.05, 3.63) is 30.6 Å². The number of sulfonamides is 1. The number of likely N-dealkylation sites (N-methyl/N-ethyl adjacent to an activating group) is 1. The summed E-state index contributed by atoms with van der Waals surface area (Å²) in [6, 6.07) is 2.10. The summed E-state index contributed by atoms with van der Waals surface area (Å²) < 4.78 is 27.8. The predicted octanol–water partition coefficient (Wildman–Crippen LogP) is 1.09. The van der Waals surface area contributed by atoms with Gasteiger partial charge in [0.1, 0.15) is 4.90 Å². The number of nitrogens with zero attached hydrogens (tertiary/aromatic N) is 2. The van der Waals surface area contributed by atoms with Gasteiger partial charge in [-0.05, 0) is 18.9 Å². The van der Waals surface area contributed by atoms with E-state index in [1.165, 1.54) is 4.31 Å². The van der Waals surface area contributed by atoms with Crippen molar-refractivity contribution in [2.24, 2.45) is 5.73 Å². The van der Waals surface area contributed by atoms with Gasteiger partial charge >= 0.3 is 0 Å². The molecule has 0 aliphatic heterocycles. The van der Waals surface area contributed by atoms with Crippen LogP contribution < -0.4 is 5.73 Å². The average molecular weight is 269 g/mol. The maximum absolute atomic E-state index is 12.3. The molecule has 0 unspecified atom stereocenters. The molecule has 100 valence electrons. The molecule has 0 saturated heterocycles. The van der Waals surface area contributed by atoms with Crippen LogP contribution in [-0.2, 0) is 16.6 Å². The normalized spacial score (nSPS) is 16.2. The van der Waals surface area contributed by atoms with Crippen LogP contribution in [-0.4, -0.2) is 30.9 Å². The van der Waals surface area contributed by atoms with Crippen molar-refractivity contribution in [2.75, 3.05) is 13.6 Å². The van der Waals surface area contributed by atoms with Crippen molar-refractivity contribution in [1.82, 2.24) is 8.87 Å². The smallest absolute Gasteiger partial charge is 0.244 e. The molecule has 1 saturated carbocycles. The molecular formula is C12H19N3O2S. The Hall–Kier alpha value is -1.11. The van der Waals surface area contributed by atoms with Gasteiger partial charge in [-0.3, -0.25) is 0 Å². The van der Waals surface area contributed by atoms with Gasteiger partial charge in [0, 0.05) is 38.1 Å². The van der Waals surface area contributed by atoms with E-state index >= 15 is 0 Å². The maximum atomic E-state index is 12.3. The summed E-state index contributed by atoms with van der Waals surface area (Å²) in [5.41, 5.74) is 6.54. The Balaban J connectivity index is 2.35. The molecule has 1 aliphatic rings. The second kappa shape index (κ2) is 4.87. The summed E-state index contributed by atoms with van der Waals surface area (Å²) in [6.45, 7) is 4.21. The maximum Gasteiger partial charge on any atom is 0.244 e. The van der Waals surface area contributed by atoms with Gasteiger partial charge in [-0.25, -0.2) is 8.42 Å². The molecule has 5 nitrogen and oxygen atoms in total. The predicted molar refractivity (Wildman–Crippen MR) is 70.6 cm³/mol. The highest BCUT2D eigenvalue weighted by molar-refractivity contribution is 7.89. The van der Waals surface area contributed by atoms with E-state index in [0.717, 1.165) is 18.5 Å². The molecule has 6 heteroatoms. The average Bonchev–Trinajstić information content (AvgIpc) is 3.08. The first kappa shape index (κ1) is 13.3. The topological polar surface area (TPSA) is 68.3 Å². The van der Waals surface area contributed by atoms with Crippen LogP contribution >= 0.6 is 0 Å². The zero-order chi connectivity index (χ0) is 13.3. The van der Waals surface area contributed by atoms with Crippen molar-refractivity contribution in [3.8, 4) is 0 Å². The van der Waals surface area contributed by atoms with Crippen LogP contribution in [0.2, 0.25) is 0 Å². The number of hydrogen-bond acceptors (Lipinski definition) is 3. The van der Waals surface area contributed by atoms with E-state index in [9.17, 15) is 8.42 Å². The highest BCUT2D eigenvalue weighted by Gasteiger charge is 2.29. The lowest BCUT2D eigenvalue weighted by atomic mass is 10.4. The highest BCUT2D eigenvalue weighted by Crippen LogP contribution is 2.37. The standard InChI is InChI=1S/C12H19N3O2S/c1-3-6-14(2)18(16,17)12-7-11(8-13)15(9-12)10-4-5-10/h3,7,9-10H,1,4-6,8,13H2,2H3. The lowest BCUT2D eigenvalue weighted by Crippen LogP contribution is -2.26. The molecule has 0 amide bonds. The van der Waals surface area contributed by atoms with Gasteiger partial charge in [0.15, 0.2) is 0 Å². The number of aromatic nitrogens is 1. The molecule has 1 fully saturated rings. The molecule has 2 N–H and O–H groups in total. The van der Waals surface area contributed by atoms with Crippen LogP contribution in [0.1, 0.15) is 24.6 Å². The van der Waals surface area contributed by atoms with E-state index < -0.39 is 10.0 Å². The van der Waals surface area contributed by atoms with Crippen LogP contribution in [0.5, 0.6) is 0 Å². The minimum atomic E-state index is -3.43. The van der Waals surface area contributed by atoms with Crippen molar-refractivity contribution in [3.63, 3.8) is 0 Å². The molecular weight excluding hydrogens is 250 g/mol.